The number of para-hydroxylation sites is 2. The molecule has 304 valence electrons. The fraction of sp³-hybridized carbons (Fsp3) is 0.100. The zero-order valence-electron chi connectivity index (χ0n) is 35.9. The molecule has 3 heterocycles. The molecule has 0 saturated heterocycles. The minimum absolute atomic E-state index is 0.136. The Labute approximate surface area is 369 Å². The predicted molar refractivity (Wildman–Crippen MR) is 264 cm³/mol. The lowest BCUT2D eigenvalue weighted by Gasteiger charge is -2.30. The minimum Gasteiger partial charge on any atom is -0.456 e. The van der Waals surface area contributed by atoms with Crippen molar-refractivity contribution in [3.8, 4) is 33.4 Å². The van der Waals surface area contributed by atoms with Crippen LogP contribution in [0.5, 0.6) is 0 Å². The van der Waals surface area contributed by atoms with Gasteiger partial charge in [0.2, 0.25) is 0 Å². The highest BCUT2D eigenvalue weighted by atomic mass is 16.3. The Balaban J connectivity index is 0.962. The molecule has 0 N–H and O–H groups in total. The van der Waals surface area contributed by atoms with Crippen LogP contribution < -0.4 is 4.90 Å². The monoisotopic (exact) mass is 823 g/mol. The van der Waals surface area contributed by atoms with E-state index in [2.05, 4.69) is 190 Å². The van der Waals surface area contributed by atoms with Gasteiger partial charge in [-0.1, -0.05) is 137 Å². The van der Waals surface area contributed by atoms with Crippen molar-refractivity contribution in [2.75, 3.05) is 4.90 Å². The SMILES string of the molecule is CC1(C)c2ccccc2-c2ccc(N(c3ccc(-c4cc5oc6ccc7c8ccccc8oc7c6c5c5c4oc4ccccc45)cc3)c3ccc4c(c3)C(C)(C)c3ccccc3-4)cc21. The number of nitrogens with zero attached hydrogens (tertiary/aromatic N) is 1. The standard InChI is InChI=1S/C60H41NO3/c1-59(2)46-17-9-5-13-38(46)40-27-25-36(31-48(40)59)61(37-26-28-41-39-14-6-10-18-47(39)60(3,4)49(41)32-37)35-23-21-34(22-24-35)45-33-53-55(54-44-16-8-12-20-51(44)64-58(45)54)56-52(62-53)30-29-43-42-15-7-11-19-50(42)63-57(43)56/h5-33H,1-4H3. The number of rotatable bonds is 4. The number of hydrogen-bond donors (Lipinski definition) is 0. The van der Waals surface area contributed by atoms with Crippen LogP contribution in [-0.2, 0) is 10.8 Å². The van der Waals surface area contributed by atoms with Gasteiger partial charge in [0.15, 0.2) is 0 Å². The molecule has 2 aliphatic carbocycles. The molecule has 0 fully saturated rings. The first-order valence-corrected chi connectivity index (χ1v) is 22.2. The van der Waals surface area contributed by atoms with Gasteiger partial charge in [-0.15, -0.1) is 0 Å². The lowest BCUT2D eigenvalue weighted by molar-refractivity contribution is 0.660. The zero-order chi connectivity index (χ0) is 42.6. The third-order valence-corrected chi connectivity index (χ3v) is 14.7. The average Bonchev–Trinajstić information content (AvgIpc) is 4.11. The Bertz CT molecular complexity index is 3860. The van der Waals surface area contributed by atoms with E-state index in [0.29, 0.717) is 0 Å². The van der Waals surface area contributed by atoms with E-state index in [4.69, 9.17) is 13.3 Å². The normalized spacial score (nSPS) is 14.5. The van der Waals surface area contributed by atoms with Gasteiger partial charge in [-0.25, -0.2) is 0 Å². The molecule has 0 atom stereocenters. The molecule has 12 aromatic rings. The van der Waals surface area contributed by atoms with Crippen molar-refractivity contribution in [2.45, 2.75) is 38.5 Å². The van der Waals surface area contributed by atoms with Crippen LogP contribution in [0, 0.1) is 0 Å². The first-order valence-electron chi connectivity index (χ1n) is 22.2. The maximum atomic E-state index is 6.85. The predicted octanol–water partition coefficient (Wildman–Crippen LogP) is 17.1. The van der Waals surface area contributed by atoms with Gasteiger partial charge in [-0.3, -0.25) is 0 Å². The molecule has 4 heteroatoms. The summed E-state index contributed by atoms with van der Waals surface area (Å²) in [6.07, 6.45) is 0. The molecule has 0 aliphatic heterocycles. The van der Waals surface area contributed by atoms with E-state index in [0.717, 1.165) is 94.0 Å². The van der Waals surface area contributed by atoms with Gasteiger partial charge in [0.1, 0.15) is 33.5 Å². The molecular weight excluding hydrogens is 783 g/mol. The van der Waals surface area contributed by atoms with Gasteiger partial charge in [0.05, 0.1) is 5.39 Å². The van der Waals surface area contributed by atoms with E-state index in [-0.39, 0.29) is 10.8 Å². The molecular formula is C60H41NO3. The van der Waals surface area contributed by atoms with Crippen molar-refractivity contribution >= 4 is 82.9 Å². The van der Waals surface area contributed by atoms with E-state index in [1.165, 1.54) is 44.5 Å². The van der Waals surface area contributed by atoms with Crippen molar-refractivity contribution in [1.82, 2.24) is 0 Å². The fourth-order valence-electron chi connectivity index (χ4n) is 11.5. The summed E-state index contributed by atoms with van der Waals surface area (Å²) >= 11 is 0. The average molecular weight is 824 g/mol. The van der Waals surface area contributed by atoms with Crippen LogP contribution in [0.4, 0.5) is 17.1 Å². The van der Waals surface area contributed by atoms with E-state index in [9.17, 15) is 0 Å². The minimum atomic E-state index is -0.136. The molecule has 0 bridgehead atoms. The second-order valence-corrected chi connectivity index (χ2v) is 18.8. The molecule has 0 unspecified atom stereocenters. The van der Waals surface area contributed by atoms with Crippen molar-refractivity contribution < 1.29 is 13.3 Å². The summed E-state index contributed by atoms with van der Waals surface area (Å²) in [7, 11) is 0. The topological polar surface area (TPSA) is 42.7 Å². The van der Waals surface area contributed by atoms with Gasteiger partial charge in [-0.2, -0.15) is 0 Å². The van der Waals surface area contributed by atoms with Gasteiger partial charge in [0, 0.05) is 60.4 Å². The summed E-state index contributed by atoms with van der Waals surface area (Å²) in [6.45, 7) is 9.42. The van der Waals surface area contributed by atoms with Crippen LogP contribution in [-0.4, -0.2) is 0 Å². The van der Waals surface area contributed by atoms with Crippen molar-refractivity contribution in [3.63, 3.8) is 0 Å². The van der Waals surface area contributed by atoms with Gasteiger partial charge in [-0.05, 0) is 117 Å². The molecule has 9 aromatic carbocycles. The van der Waals surface area contributed by atoms with Crippen LogP contribution in [0.15, 0.2) is 189 Å². The number of anilines is 3. The second-order valence-electron chi connectivity index (χ2n) is 18.8. The van der Waals surface area contributed by atoms with E-state index >= 15 is 0 Å². The fourth-order valence-corrected chi connectivity index (χ4v) is 11.5. The molecule has 4 nitrogen and oxygen atoms in total. The number of hydrogen-bond acceptors (Lipinski definition) is 4. The van der Waals surface area contributed by atoms with Gasteiger partial charge >= 0.3 is 0 Å². The Morgan fingerprint density at radius 3 is 1.52 bits per heavy atom. The Morgan fingerprint density at radius 2 is 0.859 bits per heavy atom. The van der Waals surface area contributed by atoms with Crippen LogP contribution >= 0.6 is 0 Å². The first-order chi connectivity index (χ1) is 31.2. The number of fused-ring (bicyclic) bond motifs is 17. The lowest BCUT2D eigenvalue weighted by Crippen LogP contribution is -2.18. The molecule has 64 heavy (non-hydrogen) atoms. The van der Waals surface area contributed by atoms with E-state index < -0.39 is 0 Å². The highest BCUT2D eigenvalue weighted by Crippen LogP contribution is 2.54. The molecule has 0 radical (unpaired) electrons. The lowest BCUT2D eigenvalue weighted by atomic mass is 9.82. The van der Waals surface area contributed by atoms with Crippen LogP contribution in [0.1, 0.15) is 49.9 Å². The largest absolute Gasteiger partial charge is 0.456 e. The molecule has 2 aliphatic rings. The maximum absolute atomic E-state index is 6.85. The molecule has 14 rings (SSSR count). The zero-order valence-corrected chi connectivity index (χ0v) is 35.9. The summed E-state index contributed by atoms with van der Waals surface area (Å²) < 4.78 is 20.2. The summed E-state index contributed by atoms with van der Waals surface area (Å²) in [4.78, 5) is 2.43. The van der Waals surface area contributed by atoms with Gasteiger partial charge in [0.25, 0.3) is 0 Å². The highest BCUT2D eigenvalue weighted by molar-refractivity contribution is 6.33. The van der Waals surface area contributed by atoms with Gasteiger partial charge < -0.3 is 18.2 Å². The molecule has 0 saturated carbocycles. The summed E-state index contributed by atoms with van der Waals surface area (Å²) in [5.41, 5.74) is 20.7. The highest BCUT2D eigenvalue weighted by Gasteiger charge is 2.38. The first kappa shape index (κ1) is 35.7. The van der Waals surface area contributed by atoms with Crippen LogP contribution in [0.3, 0.4) is 0 Å². The van der Waals surface area contributed by atoms with Crippen molar-refractivity contribution in [2.24, 2.45) is 0 Å². The van der Waals surface area contributed by atoms with Crippen molar-refractivity contribution in [3.05, 3.63) is 198 Å². The van der Waals surface area contributed by atoms with Crippen LogP contribution in [0.2, 0.25) is 0 Å². The maximum Gasteiger partial charge on any atom is 0.147 e. The van der Waals surface area contributed by atoms with E-state index in [1.807, 2.05) is 18.2 Å². The molecule has 0 amide bonds. The second kappa shape index (κ2) is 12.4. The summed E-state index contributed by atoms with van der Waals surface area (Å²) in [6, 6.07) is 63.7. The van der Waals surface area contributed by atoms with E-state index in [1.54, 1.807) is 0 Å². The third-order valence-electron chi connectivity index (χ3n) is 14.7. The van der Waals surface area contributed by atoms with Crippen molar-refractivity contribution in [1.29, 1.82) is 0 Å². The Hall–Kier alpha value is -7.82. The third kappa shape index (κ3) is 4.67. The Morgan fingerprint density at radius 1 is 0.328 bits per heavy atom. The smallest absolute Gasteiger partial charge is 0.147 e. The quantitative estimate of drug-likeness (QED) is 0.177. The summed E-state index contributed by atoms with van der Waals surface area (Å²) in [5, 5.41) is 6.22. The number of furan rings is 3. The number of benzene rings is 9. The molecule has 0 spiro atoms. The van der Waals surface area contributed by atoms with Crippen LogP contribution in [0.25, 0.3) is 99.2 Å². The molecule has 3 aromatic heterocycles. The Kier molecular flexibility index (Phi) is 6.94. The summed E-state index contributed by atoms with van der Waals surface area (Å²) in [5.74, 6) is 0.